The minimum absolute atomic E-state index is 0.0783. The fraction of sp³-hybridized carbons (Fsp3) is 0.200. The lowest BCUT2D eigenvalue weighted by atomic mass is 9.97. The van der Waals surface area contributed by atoms with Gasteiger partial charge >= 0.3 is 0 Å². The third-order valence-corrected chi connectivity index (χ3v) is 6.33. The molecule has 4 unspecified atom stereocenters. The van der Waals surface area contributed by atoms with E-state index in [1.165, 1.54) is 22.3 Å². The molecule has 4 aromatic rings. The fourth-order valence-electron chi connectivity index (χ4n) is 4.43. The maximum atomic E-state index is 6.80. The summed E-state index contributed by atoms with van der Waals surface area (Å²) < 4.78 is 18.3. The van der Waals surface area contributed by atoms with Crippen LogP contribution in [0.3, 0.4) is 0 Å². The van der Waals surface area contributed by atoms with Crippen LogP contribution in [-0.2, 0) is 14.2 Å². The molecular formula is C30H26O3. The summed E-state index contributed by atoms with van der Waals surface area (Å²) in [5.41, 5.74) is 7.06. The fourth-order valence-corrected chi connectivity index (χ4v) is 4.43. The van der Waals surface area contributed by atoms with Gasteiger partial charge in [-0.3, -0.25) is 0 Å². The van der Waals surface area contributed by atoms with Crippen molar-refractivity contribution < 1.29 is 14.2 Å². The Labute approximate surface area is 194 Å². The van der Waals surface area contributed by atoms with Crippen LogP contribution in [0.15, 0.2) is 109 Å². The van der Waals surface area contributed by atoms with Crippen molar-refractivity contribution in [2.24, 2.45) is 0 Å². The molecule has 2 aliphatic rings. The van der Waals surface area contributed by atoms with Gasteiger partial charge in [-0.1, -0.05) is 97.1 Å². The molecule has 0 spiro atoms. The number of hydrogen-bond donors (Lipinski definition) is 0. The normalized spacial score (nSPS) is 20.7. The van der Waals surface area contributed by atoms with Crippen molar-refractivity contribution >= 4 is 0 Å². The molecule has 0 saturated carbocycles. The molecule has 4 aromatic carbocycles. The maximum Gasteiger partial charge on any atom is 0.112 e. The van der Waals surface area contributed by atoms with E-state index in [2.05, 4.69) is 97.1 Å². The molecule has 2 heterocycles. The molecule has 3 nitrogen and oxygen atoms in total. The van der Waals surface area contributed by atoms with Crippen LogP contribution < -0.4 is 0 Å². The highest BCUT2D eigenvalue weighted by Gasteiger charge is 2.42. The van der Waals surface area contributed by atoms with E-state index in [4.69, 9.17) is 14.2 Å². The Morgan fingerprint density at radius 2 is 0.909 bits per heavy atom. The van der Waals surface area contributed by atoms with Crippen molar-refractivity contribution in [2.75, 3.05) is 13.2 Å². The minimum Gasteiger partial charge on any atom is -0.370 e. The van der Waals surface area contributed by atoms with E-state index < -0.39 is 0 Å². The lowest BCUT2D eigenvalue weighted by Crippen LogP contribution is -2.19. The number of epoxide rings is 2. The molecule has 3 heteroatoms. The summed E-state index contributed by atoms with van der Waals surface area (Å²) in [5.74, 6) is 0. The summed E-state index contributed by atoms with van der Waals surface area (Å²) in [6.07, 6.45) is -0.115. The largest absolute Gasteiger partial charge is 0.370 e. The van der Waals surface area contributed by atoms with E-state index in [1.54, 1.807) is 0 Å². The molecule has 2 fully saturated rings. The molecule has 6 rings (SSSR count). The Morgan fingerprint density at radius 1 is 0.515 bits per heavy atom. The zero-order chi connectivity index (χ0) is 22.0. The first-order chi connectivity index (χ1) is 16.3. The van der Waals surface area contributed by atoms with Crippen molar-refractivity contribution in [1.29, 1.82) is 0 Å². The molecule has 0 N–H and O–H groups in total. The summed E-state index contributed by atoms with van der Waals surface area (Å²) in [7, 11) is 0. The maximum absolute atomic E-state index is 6.80. The molecule has 0 aliphatic carbocycles. The molecule has 0 radical (unpaired) electrons. The van der Waals surface area contributed by atoms with Gasteiger partial charge in [0.25, 0.3) is 0 Å². The van der Waals surface area contributed by atoms with Crippen LogP contribution in [0, 0.1) is 0 Å². The molecule has 0 amide bonds. The smallest absolute Gasteiger partial charge is 0.112 e. The SMILES string of the molecule is c1ccc(-c2cccc(C(OC(c3cccc(-c4ccccc4)c3)C3CO3)C3CO3)c2)cc1. The summed E-state index contributed by atoms with van der Waals surface area (Å²) in [6, 6.07) is 38.2. The van der Waals surface area contributed by atoms with Gasteiger partial charge in [0.05, 0.1) is 13.2 Å². The van der Waals surface area contributed by atoms with Gasteiger partial charge in [-0.2, -0.15) is 0 Å². The van der Waals surface area contributed by atoms with Crippen LogP contribution in [0.4, 0.5) is 0 Å². The monoisotopic (exact) mass is 434 g/mol. The van der Waals surface area contributed by atoms with Crippen molar-refractivity contribution in [3.63, 3.8) is 0 Å². The molecule has 4 atom stereocenters. The van der Waals surface area contributed by atoms with Crippen molar-refractivity contribution in [1.82, 2.24) is 0 Å². The van der Waals surface area contributed by atoms with Crippen molar-refractivity contribution in [3.8, 4) is 22.3 Å². The Morgan fingerprint density at radius 3 is 1.30 bits per heavy atom. The van der Waals surface area contributed by atoms with E-state index in [0.29, 0.717) is 0 Å². The van der Waals surface area contributed by atoms with Gasteiger partial charge in [0.2, 0.25) is 0 Å². The molecule has 2 aliphatic heterocycles. The molecule has 164 valence electrons. The molecule has 33 heavy (non-hydrogen) atoms. The Hall–Kier alpha value is -3.24. The zero-order valence-electron chi connectivity index (χ0n) is 18.3. The second-order valence-corrected chi connectivity index (χ2v) is 8.70. The van der Waals surface area contributed by atoms with E-state index in [1.807, 2.05) is 12.1 Å². The van der Waals surface area contributed by atoms with Crippen molar-refractivity contribution in [2.45, 2.75) is 24.4 Å². The zero-order valence-corrected chi connectivity index (χ0v) is 18.3. The van der Waals surface area contributed by atoms with E-state index in [-0.39, 0.29) is 24.4 Å². The van der Waals surface area contributed by atoms with Crippen LogP contribution in [0.25, 0.3) is 22.3 Å². The highest BCUT2D eigenvalue weighted by Crippen LogP contribution is 2.41. The summed E-state index contributed by atoms with van der Waals surface area (Å²) in [4.78, 5) is 0. The molecular weight excluding hydrogens is 408 g/mol. The standard InChI is InChI=1S/C30H26O3/c1-3-9-21(10-4-1)23-13-7-15-25(17-23)29(27-19-31-27)33-30(28-20-32-28)26-16-8-14-24(18-26)22-11-5-2-6-12-22/h1-18,27-30H,19-20H2. The summed E-state index contributed by atoms with van der Waals surface area (Å²) in [6.45, 7) is 1.45. The molecule has 0 bridgehead atoms. The van der Waals surface area contributed by atoms with Crippen LogP contribution in [0.5, 0.6) is 0 Å². The average molecular weight is 435 g/mol. The molecule has 0 aromatic heterocycles. The Balaban J connectivity index is 1.31. The Bertz CT molecular complexity index is 1120. The first kappa shape index (κ1) is 20.4. The van der Waals surface area contributed by atoms with Gasteiger partial charge in [-0.25, -0.2) is 0 Å². The first-order valence-electron chi connectivity index (χ1n) is 11.5. The van der Waals surface area contributed by atoms with E-state index in [9.17, 15) is 0 Å². The second-order valence-electron chi connectivity index (χ2n) is 8.70. The lowest BCUT2D eigenvalue weighted by Gasteiger charge is -2.24. The van der Waals surface area contributed by atoms with Gasteiger partial charge in [-0.05, 0) is 45.5 Å². The minimum atomic E-state index is -0.136. The Kier molecular flexibility index (Phi) is 5.53. The predicted octanol–water partition coefficient (Wildman–Crippen LogP) is 6.62. The van der Waals surface area contributed by atoms with Crippen LogP contribution in [0.2, 0.25) is 0 Å². The quantitative estimate of drug-likeness (QED) is 0.292. The van der Waals surface area contributed by atoms with Crippen LogP contribution in [0.1, 0.15) is 23.3 Å². The topological polar surface area (TPSA) is 34.3 Å². The van der Waals surface area contributed by atoms with Crippen LogP contribution >= 0.6 is 0 Å². The van der Waals surface area contributed by atoms with Gasteiger partial charge in [-0.15, -0.1) is 0 Å². The predicted molar refractivity (Wildman–Crippen MR) is 130 cm³/mol. The first-order valence-corrected chi connectivity index (χ1v) is 11.5. The number of benzene rings is 4. The highest BCUT2D eigenvalue weighted by molar-refractivity contribution is 5.65. The van der Waals surface area contributed by atoms with Gasteiger partial charge < -0.3 is 14.2 Å². The summed E-state index contributed by atoms with van der Waals surface area (Å²) in [5, 5.41) is 0. The third-order valence-electron chi connectivity index (χ3n) is 6.33. The van der Waals surface area contributed by atoms with Gasteiger partial charge in [0.1, 0.15) is 24.4 Å². The lowest BCUT2D eigenvalue weighted by molar-refractivity contribution is -0.0418. The average Bonchev–Trinajstić information content (AvgIpc) is 3.81. The number of ether oxygens (including phenoxy) is 3. The third kappa shape index (κ3) is 4.62. The highest BCUT2D eigenvalue weighted by atomic mass is 16.6. The number of rotatable bonds is 8. The van der Waals surface area contributed by atoms with E-state index >= 15 is 0 Å². The number of hydrogen-bond acceptors (Lipinski definition) is 3. The van der Waals surface area contributed by atoms with Gasteiger partial charge in [0, 0.05) is 0 Å². The van der Waals surface area contributed by atoms with E-state index in [0.717, 1.165) is 24.3 Å². The van der Waals surface area contributed by atoms with Gasteiger partial charge in [0.15, 0.2) is 0 Å². The molecule has 2 saturated heterocycles. The second kappa shape index (κ2) is 8.95. The van der Waals surface area contributed by atoms with Crippen molar-refractivity contribution in [3.05, 3.63) is 120 Å². The summed E-state index contributed by atoms with van der Waals surface area (Å²) >= 11 is 0. The van der Waals surface area contributed by atoms with Crippen LogP contribution in [-0.4, -0.2) is 25.4 Å².